The van der Waals surface area contributed by atoms with Gasteiger partial charge in [-0.2, -0.15) is 0 Å². The molecule has 116 valence electrons. The number of fused-ring (bicyclic) bond motifs is 2. The van der Waals surface area contributed by atoms with E-state index >= 15 is 0 Å². The Hall–Kier alpha value is -2.98. The number of hydrogen-bond acceptors (Lipinski definition) is 3. The third-order valence-corrected chi connectivity index (χ3v) is 3.93. The maximum Gasteiger partial charge on any atom is 0.257 e. The zero-order chi connectivity index (χ0) is 16.5. The van der Waals surface area contributed by atoms with Crippen LogP contribution >= 0.6 is 11.6 Å². The molecule has 0 spiro atoms. The van der Waals surface area contributed by atoms with E-state index in [1.807, 2.05) is 30.3 Å². The molecule has 4 nitrogen and oxygen atoms in total. The van der Waals surface area contributed by atoms with Gasteiger partial charge in [0.2, 0.25) is 0 Å². The molecule has 0 saturated heterocycles. The van der Waals surface area contributed by atoms with Gasteiger partial charge in [0.1, 0.15) is 5.52 Å². The molecule has 3 aromatic carbocycles. The number of benzene rings is 3. The third kappa shape index (κ3) is 2.68. The maximum atomic E-state index is 12.7. The average Bonchev–Trinajstić information content (AvgIpc) is 2.59. The summed E-state index contributed by atoms with van der Waals surface area (Å²) in [7, 11) is 0. The average molecular weight is 334 g/mol. The molecule has 0 fully saturated rings. The van der Waals surface area contributed by atoms with Crippen molar-refractivity contribution in [1.29, 1.82) is 0 Å². The summed E-state index contributed by atoms with van der Waals surface area (Å²) in [5.41, 5.74) is 3.94. The van der Waals surface area contributed by atoms with Crippen molar-refractivity contribution in [3.8, 4) is 0 Å². The van der Waals surface area contributed by atoms with Crippen LogP contribution in [-0.2, 0) is 0 Å². The molecule has 0 aliphatic rings. The van der Waals surface area contributed by atoms with Crippen molar-refractivity contribution in [2.75, 3.05) is 5.32 Å². The fourth-order valence-corrected chi connectivity index (χ4v) is 2.78. The number of amides is 1. The summed E-state index contributed by atoms with van der Waals surface area (Å²) < 4.78 is 0. The number of carbonyl (C=O) groups is 1. The number of aromatic nitrogens is 2. The Morgan fingerprint density at radius 3 is 2.33 bits per heavy atom. The number of nitrogens with zero attached hydrogens (tertiary/aromatic N) is 2. The van der Waals surface area contributed by atoms with Crippen LogP contribution in [0, 0.1) is 0 Å². The van der Waals surface area contributed by atoms with Crippen LogP contribution in [0.4, 0.5) is 5.69 Å². The zero-order valence-electron chi connectivity index (χ0n) is 12.5. The number of carbonyl (C=O) groups excluding carboxylic acids is 1. The van der Waals surface area contributed by atoms with Crippen LogP contribution in [0.15, 0.2) is 66.7 Å². The number of nitrogens with one attached hydrogen (secondary N) is 1. The van der Waals surface area contributed by atoms with Crippen LogP contribution in [0.25, 0.3) is 22.1 Å². The molecular weight excluding hydrogens is 322 g/mol. The van der Waals surface area contributed by atoms with Gasteiger partial charge in [0, 0.05) is 10.7 Å². The molecule has 0 radical (unpaired) electrons. The summed E-state index contributed by atoms with van der Waals surface area (Å²) >= 11 is 5.96. The number of rotatable bonds is 2. The molecule has 1 amide bonds. The lowest BCUT2D eigenvalue weighted by atomic mass is 10.1. The third-order valence-electron chi connectivity index (χ3n) is 3.70. The quantitative estimate of drug-likeness (QED) is 0.541. The first kappa shape index (κ1) is 14.6. The number of halogens is 1. The lowest BCUT2D eigenvalue weighted by molar-refractivity contribution is 0.102. The number of para-hydroxylation sites is 3. The molecule has 4 aromatic rings. The van der Waals surface area contributed by atoms with Crippen molar-refractivity contribution < 1.29 is 4.79 Å². The second kappa shape index (κ2) is 5.91. The fraction of sp³-hybridized carbons (Fsp3) is 0. The molecule has 1 aromatic heterocycles. The highest BCUT2D eigenvalue weighted by atomic mass is 35.5. The monoisotopic (exact) mass is 333 g/mol. The van der Waals surface area contributed by atoms with Gasteiger partial charge in [0.15, 0.2) is 0 Å². The predicted molar refractivity (Wildman–Crippen MR) is 96.4 cm³/mol. The zero-order valence-corrected chi connectivity index (χ0v) is 13.3. The summed E-state index contributed by atoms with van der Waals surface area (Å²) in [5.74, 6) is -0.243. The lowest BCUT2D eigenvalue weighted by Crippen LogP contribution is -2.13. The first-order chi connectivity index (χ1) is 11.7. The minimum absolute atomic E-state index is 0.243. The van der Waals surface area contributed by atoms with E-state index in [-0.39, 0.29) is 5.91 Å². The molecule has 0 atom stereocenters. The number of anilines is 1. The summed E-state index contributed by atoms with van der Waals surface area (Å²) in [6.07, 6.45) is 0. The molecule has 0 aliphatic heterocycles. The van der Waals surface area contributed by atoms with Crippen LogP contribution in [0.2, 0.25) is 5.02 Å². The van der Waals surface area contributed by atoms with E-state index in [0.29, 0.717) is 27.3 Å². The van der Waals surface area contributed by atoms with E-state index in [0.717, 1.165) is 11.0 Å². The van der Waals surface area contributed by atoms with E-state index in [1.54, 1.807) is 36.4 Å². The molecule has 5 heteroatoms. The van der Waals surface area contributed by atoms with Crippen LogP contribution in [0.1, 0.15) is 10.4 Å². The Morgan fingerprint density at radius 2 is 1.54 bits per heavy atom. The molecule has 0 unspecified atom stereocenters. The second-order valence-corrected chi connectivity index (χ2v) is 5.79. The van der Waals surface area contributed by atoms with Gasteiger partial charge in [-0.05, 0) is 42.5 Å². The van der Waals surface area contributed by atoms with Crippen LogP contribution in [0.5, 0.6) is 0 Å². The molecule has 0 bridgehead atoms. The number of hydrogen-bond donors (Lipinski definition) is 1. The van der Waals surface area contributed by atoms with Crippen LogP contribution in [-0.4, -0.2) is 15.9 Å². The lowest BCUT2D eigenvalue weighted by Gasteiger charge is -2.08. The van der Waals surface area contributed by atoms with E-state index < -0.39 is 0 Å². The minimum Gasteiger partial charge on any atom is -0.322 e. The van der Waals surface area contributed by atoms with Crippen LogP contribution in [0.3, 0.4) is 0 Å². The van der Waals surface area contributed by atoms with Crippen molar-refractivity contribution >= 4 is 45.3 Å². The van der Waals surface area contributed by atoms with Crippen LogP contribution < -0.4 is 5.32 Å². The first-order valence-corrected chi connectivity index (χ1v) is 7.81. The molecular formula is C19H12ClN3O. The highest BCUT2D eigenvalue weighted by Gasteiger charge is 2.13. The smallest absolute Gasteiger partial charge is 0.257 e. The van der Waals surface area contributed by atoms with Gasteiger partial charge in [0.05, 0.1) is 22.1 Å². The highest BCUT2D eigenvalue weighted by Crippen LogP contribution is 2.21. The first-order valence-electron chi connectivity index (χ1n) is 7.43. The SMILES string of the molecule is O=C(Nc1cccc(Cl)c1)c1cccc2nc3ccccc3nc12. The largest absolute Gasteiger partial charge is 0.322 e. The van der Waals surface area contributed by atoms with E-state index in [1.165, 1.54) is 0 Å². The Morgan fingerprint density at radius 1 is 0.833 bits per heavy atom. The Bertz CT molecular complexity index is 1080. The van der Waals surface area contributed by atoms with E-state index in [2.05, 4.69) is 15.3 Å². The molecule has 0 aliphatic carbocycles. The van der Waals surface area contributed by atoms with Crippen molar-refractivity contribution in [2.45, 2.75) is 0 Å². The van der Waals surface area contributed by atoms with Gasteiger partial charge in [0.25, 0.3) is 5.91 Å². The molecule has 4 rings (SSSR count). The highest BCUT2D eigenvalue weighted by molar-refractivity contribution is 6.31. The molecule has 0 saturated carbocycles. The molecule has 1 heterocycles. The topological polar surface area (TPSA) is 54.9 Å². The summed E-state index contributed by atoms with van der Waals surface area (Å²) in [6, 6.07) is 20.0. The Balaban J connectivity index is 1.80. The Kier molecular flexibility index (Phi) is 3.59. The van der Waals surface area contributed by atoms with Gasteiger partial charge < -0.3 is 5.32 Å². The molecule has 24 heavy (non-hydrogen) atoms. The van der Waals surface area contributed by atoms with Gasteiger partial charge in [-0.1, -0.05) is 35.9 Å². The van der Waals surface area contributed by atoms with Gasteiger partial charge in [-0.25, -0.2) is 9.97 Å². The van der Waals surface area contributed by atoms with E-state index in [4.69, 9.17) is 11.6 Å². The minimum atomic E-state index is -0.243. The molecule has 1 N–H and O–H groups in total. The predicted octanol–water partition coefficient (Wildman–Crippen LogP) is 4.69. The van der Waals surface area contributed by atoms with Crippen molar-refractivity contribution in [3.63, 3.8) is 0 Å². The van der Waals surface area contributed by atoms with Gasteiger partial charge >= 0.3 is 0 Å². The summed E-state index contributed by atoms with van der Waals surface area (Å²) in [5, 5.41) is 3.41. The standard InChI is InChI=1S/C19H12ClN3O/c20-12-5-3-6-13(11-12)21-19(24)14-7-4-10-17-18(14)23-16-9-2-1-8-15(16)22-17/h1-11H,(H,21,24). The Labute approximate surface area is 143 Å². The maximum absolute atomic E-state index is 12.7. The van der Waals surface area contributed by atoms with Crippen molar-refractivity contribution in [1.82, 2.24) is 9.97 Å². The van der Waals surface area contributed by atoms with Crippen molar-refractivity contribution in [2.24, 2.45) is 0 Å². The van der Waals surface area contributed by atoms with Gasteiger partial charge in [-0.15, -0.1) is 0 Å². The fourth-order valence-electron chi connectivity index (χ4n) is 2.59. The van der Waals surface area contributed by atoms with Crippen molar-refractivity contribution in [3.05, 3.63) is 77.3 Å². The summed E-state index contributed by atoms with van der Waals surface area (Å²) in [4.78, 5) is 21.8. The normalized spacial score (nSPS) is 10.9. The van der Waals surface area contributed by atoms with E-state index in [9.17, 15) is 4.79 Å². The second-order valence-electron chi connectivity index (χ2n) is 5.35. The summed E-state index contributed by atoms with van der Waals surface area (Å²) in [6.45, 7) is 0. The van der Waals surface area contributed by atoms with Gasteiger partial charge in [-0.3, -0.25) is 4.79 Å².